The van der Waals surface area contributed by atoms with Crippen LogP contribution in [0.3, 0.4) is 0 Å². The first kappa shape index (κ1) is 22.9. The van der Waals surface area contributed by atoms with E-state index in [9.17, 15) is 0 Å². The number of hydrogen-bond donors (Lipinski definition) is 1. The summed E-state index contributed by atoms with van der Waals surface area (Å²) in [5, 5.41) is 9.14. The second-order valence-electron chi connectivity index (χ2n) is 8.66. The van der Waals surface area contributed by atoms with Crippen LogP contribution in [0.2, 0.25) is 0 Å². The van der Waals surface area contributed by atoms with Crippen LogP contribution in [0.25, 0.3) is 11.0 Å². The number of rotatable bonds is 14. The smallest absolute Gasteiger partial charge is 0.113 e. The lowest BCUT2D eigenvalue weighted by molar-refractivity contribution is 0.146. The molecule has 0 bridgehead atoms. The van der Waals surface area contributed by atoms with Crippen molar-refractivity contribution >= 4 is 11.0 Å². The molecular formula is C24H42N4. The summed E-state index contributed by atoms with van der Waals surface area (Å²) >= 11 is 0. The molecule has 0 radical (unpaired) electrons. The average Bonchev–Trinajstić information content (AvgIpc) is 3.17. The summed E-state index contributed by atoms with van der Waals surface area (Å²) in [4.78, 5) is 0. The van der Waals surface area contributed by atoms with Crippen LogP contribution in [0.15, 0.2) is 24.3 Å². The fraction of sp³-hybridized carbons (Fsp3) is 0.750. The van der Waals surface area contributed by atoms with Crippen molar-refractivity contribution in [1.29, 1.82) is 0 Å². The molecule has 0 aliphatic carbocycles. The number of aromatic nitrogens is 3. The normalized spacial score (nSPS) is 16.2. The highest BCUT2D eigenvalue weighted by atomic mass is 15.5. The Morgan fingerprint density at radius 1 is 0.929 bits per heavy atom. The number of hydrogen-bond acceptors (Lipinski definition) is 3. The van der Waals surface area contributed by atoms with E-state index in [1.807, 2.05) is 6.07 Å². The summed E-state index contributed by atoms with van der Waals surface area (Å²) in [6.07, 6.45) is 12.3. The van der Waals surface area contributed by atoms with Gasteiger partial charge in [0.05, 0.1) is 11.1 Å². The highest BCUT2D eigenvalue weighted by molar-refractivity contribution is 5.74. The Hall–Kier alpha value is -1.42. The maximum atomic E-state index is 6.56. The Morgan fingerprint density at radius 2 is 1.50 bits per heavy atom. The van der Waals surface area contributed by atoms with E-state index in [-0.39, 0.29) is 5.54 Å². The minimum absolute atomic E-state index is 0.140. The Kier molecular flexibility index (Phi) is 9.43. The van der Waals surface area contributed by atoms with Crippen molar-refractivity contribution in [3.8, 4) is 0 Å². The van der Waals surface area contributed by atoms with E-state index in [2.05, 4.69) is 60.9 Å². The number of fused-ring (bicyclic) bond motifs is 1. The van der Waals surface area contributed by atoms with Crippen LogP contribution in [0, 0.1) is 11.8 Å². The Bertz CT molecular complexity index is 660. The molecule has 0 aliphatic heterocycles. The van der Waals surface area contributed by atoms with E-state index >= 15 is 0 Å². The second kappa shape index (κ2) is 11.5. The number of benzene rings is 1. The molecule has 1 aromatic carbocycles. The molecule has 0 saturated heterocycles. The van der Waals surface area contributed by atoms with Gasteiger partial charge in [-0.1, -0.05) is 96.4 Å². The van der Waals surface area contributed by atoms with Crippen LogP contribution < -0.4 is 5.73 Å². The lowest BCUT2D eigenvalue weighted by Crippen LogP contribution is -2.45. The van der Waals surface area contributed by atoms with Crippen LogP contribution in [-0.4, -0.2) is 21.5 Å². The predicted molar refractivity (Wildman–Crippen MR) is 120 cm³/mol. The Morgan fingerprint density at radius 3 is 2.00 bits per heavy atom. The molecule has 158 valence electrons. The van der Waals surface area contributed by atoms with Crippen molar-refractivity contribution in [1.82, 2.24) is 15.0 Å². The van der Waals surface area contributed by atoms with Crippen molar-refractivity contribution in [3.05, 3.63) is 24.3 Å². The molecule has 2 unspecified atom stereocenters. The second-order valence-corrected chi connectivity index (χ2v) is 8.66. The fourth-order valence-electron chi connectivity index (χ4n) is 4.69. The first-order valence-corrected chi connectivity index (χ1v) is 11.6. The monoisotopic (exact) mass is 386 g/mol. The molecule has 2 atom stereocenters. The molecule has 1 heterocycles. The van der Waals surface area contributed by atoms with E-state index in [4.69, 9.17) is 5.73 Å². The molecule has 0 spiro atoms. The van der Waals surface area contributed by atoms with E-state index < -0.39 is 0 Å². The number of nitrogens with two attached hydrogens (primary N) is 1. The number of para-hydroxylation sites is 1. The van der Waals surface area contributed by atoms with Crippen LogP contribution in [0.5, 0.6) is 0 Å². The van der Waals surface area contributed by atoms with Crippen LogP contribution in [-0.2, 0) is 5.54 Å². The number of unbranched alkanes of at least 4 members (excludes halogenated alkanes) is 2. The topological polar surface area (TPSA) is 56.7 Å². The van der Waals surface area contributed by atoms with E-state index in [0.29, 0.717) is 18.4 Å². The zero-order valence-electron chi connectivity index (χ0n) is 18.7. The minimum atomic E-state index is -0.140. The maximum absolute atomic E-state index is 6.56. The van der Waals surface area contributed by atoms with E-state index in [0.717, 1.165) is 23.9 Å². The maximum Gasteiger partial charge on any atom is 0.113 e. The Labute approximate surface area is 172 Å². The lowest BCUT2D eigenvalue weighted by atomic mass is 9.76. The van der Waals surface area contributed by atoms with Crippen molar-refractivity contribution < 1.29 is 0 Å². The summed E-state index contributed by atoms with van der Waals surface area (Å²) in [6, 6.07) is 8.34. The summed E-state index contributed by atoms with van der Waals surface area (Å²) in [7, 11) is 0. The van der Waals surface area contributed by atoms with Crippen LogP contribution in [0.1, 0.15) is 91.9 Å². The van der Waals surface area contributed by atoms with Crippen molar-refractivity contribution in [3.63, 3.8) is 0 Å². The van der Waals surface area contributed by atoms with Gasteiger partial charge in [-0.05, 0) is 36.8 Å². The molecule has 4 nitrogen and oxygen atoms in total. The third-order valence-corrected chi connectivity index (χ3v) is 6.60. The molecule has 2 aromatic rings. The van der Waals surface area contributed by atoms with E-state index in [1.165, 1.54) is 51.4 Å². The van der Waals surface area contributed by atoms with Crippen LogP contribution in [0.4, 0.5) is 0 Å². The van der Waals surface area contributed by atoms with Gasteiger partial charge in [-0.25, -0.2) is 4.68 Å². The Balaban J connectivity index is 2.42. The molecule has 0 saturated carbocycles. The van der Waals surface area contributed by atoms with E-state index in [1.54, 1.807) is 0 Å². The summed E-state index contributed by atoms with van der Waals surface area (Å²) in [6.45, 7) is 9.86. The van der Waals surface area contributed by atoms with Gasteiger partial charge in [0.2, 0.25) is 0 Å². The summed E-state index contributed by atoms with van der Waals surface area (Å²) in [5.41, 5.74) is 8.53. The third-order valence-electron chi connectivity index (χ3n) is 6.60. The first-order chi connectivity index (χ1) is 13.6. The van der Waals surface area contributed by atoms with Gasteiger partial charge in [0.25, 0.3) is 0 Å². The first-order valence-electron chi connectivity index (χ1n) is 11.6. The van der Waals surface area contributed by atoms with Gasteiger partial charge in [0, 0.05) is 6.54 Å². The molecular weight excluding hydrogens is 344 g/mol. The predicted octanol–water partition coefficient (Wildman–Crippen LogP) is 6.30. The number of nitrogens with zero attached hydrogens (tertiary/aromatic N) is 3. The SMILES string of the molecule is CCCCC(CC)CC(CN)(CC(CC)CCCC)n1nnc2ccccc21. The highest BCUT2D eigenvalue weighted by Gasteiger charge is 2.37. The van der Waals surface area contributed by atoms with Gasteiger partial charge in [-0.3, -0.25) is 0 Å². The third kappa shape index (κ3) is 5.56. The molecule has 0 fully saturated rings. The minimum Gasteiger partial charge on any atom is -0.328 e. The van der Waals surface area contributed by atoms with Gasteiger partial charge < -0.3 is 5.73 Å². The fourth-order valence-corrected chi connectivity index (χ4v) is 4.69. The molecule has 4 heteroatoms. The van der Waals surface area contributed by atoms with Gasteiger partial charge in [-0.15, -0.1) is 5.10 Å². The van der Waals surface area contributed by atoms with Crippen molar-refractivity contribution in [2.45, 2.75) is 97.4 Å². The molecule has 0 aliphatic rings. The standard InChI is InChI=1S/C24H42N4/c1-5-9-13-20(7-3)17-24(19-25,18-21(8-4)14-10-6-2)28-23-16-12-11-15-22(23)26-27-28/h11-12,15-16,20-21H,5-10,13-14,17-19,25H2,1-4H3. The van der Waals surface area contributed by atoms with Gasteiger partial charge in [0.15, 0.2) is 0 Å². The van der Waals surface area contributed by atoms with Crippen molar-refractivity contribution in [2.75, 3.05) is 6.54 Å². The zero-order chi connectivity index (χ0) is 20.4. The van der Waals surface area contributed by atoms with Gasteiger partial charge in [0.1, 0.15) is 5.52 Å². The lowest BCUT2D eigenvalue weighted by Gasteiger charge is -2.39. The highest BCUT2D eigenvalue weighted by Crippen LogP contribution is 2.38. The molecule has 1 aromatic heterocycles. The molecule has 28 heavy (non-hydrogen) atoms. The van der Waals surface area contributed by atoms with Crippen molar-refractivity contribution in [2.24, 2.45) is 17.6 Å². The summed E-state index contributed by atoms with van der Waals surface area (Å²) < 4.78 is 2.20. The molecule has 0 amide bonds. The average molecular weight is 387 g/mol. The van der Waals surface area contributed by atoms with Gasteiger partial charge in [-0.2, -0.15) is 0 Å². The quantitative estimate of drug-likeness (QED) is 0.414. The van der Waals surface area contributed by atoms with Crippen LogP contribution >= 0.6 is 0 Å². The largest absolute Gasteiger partial charge is 0.328 e. The molecule has 2 N–H and O–H groups in total. The summed E-state index contributed by atoms with van der Waals surface area (Å²) in [5.74, 6) is 1.38. The zero-order valence-corrected chi connectivity index (χ0v) is 18.7. The molecule has 2 rings (SSSR count). The van der Waals surface area contributed by atoms with Gasteiger partial charge >= 0.3 is 0 Å².